The Hall–Kier alpha value is -2.91. The van der Waals surface area contributed by atoms with Crippen molar-refractivity contribution >= 4 is 45.9 Å². The number of rotatable bonds is 3. The summed E-state index contributed by atoms with van der Waals surface area (Å²) >= 11 is 12.6. The highest BCUT2D eigenvalue weighted by Gasteiger charge is 2.46. The van der Waals surface area contributed by atoms with E-state index in [1.54, 1.807) is 20.8 Å². The van der Waals surface area contributed by atoms with E-state index in [4.69, 9.17) is 32.1 Å². The molecule has 1 aliphatic rings. The molecule has 0 aliphatic carbocycles. The average molecular weight is 528 g/mol. The molecule has 1 aliphatic heterocycles. The van der Waals surface area contributed by atoms with Crippen molar-refractivity contribution in [1.82, 2.24) is 14.5 Å². The Morgan fingerprint density at radius 2 is 2.00 bits per heavy atom. The molecule has 1 amide bonds. The number of ether oxygens (including phenoxy) is 1. The summed E-state index contributed by atoms with van der Waals surface area (Å²) in [6, 6.07) is 5.00. The number of halogens is 4. The topological polar surface area (TPSA) is 76.5 Å². The Morgan fingerprint density at radius 1 is 1.26 bits per heavy atom. The summed E-state index contributed by atoms with van der Waals surface area (Å²) in [5.41, 5.74) is -3.80. The Morgan fingerprint density at radius 3 is 2.69 bits per heavy atom. The Kier molecular flexibility index (Phi) is 5.47. The molecule has 35 heavy (non-hydrogen) atoms. The standard InChI is InChI=1S/C24H24Cl2F2N4O3/c1-23(2,3)35-22(34)32-10-9-24(11-32,18-14(27)6-5-13(25)19(18)26)30-16-8-7-15-17(20(16)28)21(33)31(4)12-29-15/h5-8,12,30H,9-11H2,1-4H3/i4D3. The van der Waals surface area contributed by atoms with E-state index >= 15 is 8.78 Å². The number of benzene rings is 2. The molecule has 2 aromatic carbocycles. The number of carbonyl (C=O) groups excluding carboxylic acids is 1. The number of aromatic nitrogens is 2. The van der Waals surface area contributed by atoms with Crippen molar-refractivity contribution in [1.29, 1.82) is 0 Å². The SMILES string of the molecule is [2H]C([2H])([2H])n1cnc2ccc(NC3(c4c(F)ccc(Cl)c4Cl)CCN(C(=O)OC(C)(C)C)C3)c(F)c2c1=O. The largest absolute Gasteiger partial charge is 0.444 e. The van der Waals surface area contributed by atoms with Gasteiger partial charge in [0.15, 0.2) is 5.82 Å². The molecule has 0 saturated carbocycles. The molecular formula is C24H24Cl2F2N4O3. The van der Waals surface area contributed by atoms with Crippen molar-refractivity contribution in [3.63, 3.8) is 0 Å². The smallest absolute Gasteiger partial charge is 0.410 e. The Bertz CT molecular complexity index is 1490. The first-order chi connectivity index (χ1) is 17.5. The molecule has 1 aromatic heterocycles. The number of likely N-dealkylation sites (tertiary alicyclic amines) is 1. The van der Waals surface area contributed by atoms with Gasteiger partial charge in [0.25, 0.3) is 5.56 Å². The molecule has 186 valence electrons. The summed E-state index contributed by atoms with van der Waals surface area (Å²) in [5, 5.41) is 2.30. The third kappa shape index (κ3) is 4.67. The van der Waals surface area contributed by atoms with Gasteiger partial charge in [-0.3, -0.25) is 4.79 Å². The van der Waals surface area contributed by atoms with Crippen molar-refractivity contribution in [2.45, 2.75) is 38.3 Å². The molecule has 4 rings (SSSR count). The predicted octanol–water partition coefficient (Wildman–Crippen LogP) is 5.47. The highest BCUT2D eigenvalue weighted by molar-refractivity contribution is 6.42. The lowest BCUT2D eigenvalue weighted by Crippen LogP contribution is -2.42. The van der Waals surface area contributed by atoms with E-state index in [2.05, 4.69) is 10.3 Å². The fourth-order valence-corrected chi connectivity index (χ4v) is 4.64. The van der Waals surface area contributed by atoms with E-state index < -0.39 is 46.8 Å². The first-order valence-electron chi connectivity index (χ1n) is 12.1. The number of aryl methyl sites for hydroxylation is 1. The van der Waals surface area contributed by atoms with E-state index in [1.807, 2.05) is 0 Å². The van der Waals surface area contributed by atoms with Crippen LogP contribution in [0.4, 0.5) is 19.3 Å². The van der Waals surface area contributed by atoms with Crippen LogP contribution in [0.25, 0.3) is 10.9 Å². The molecular weight excluding hydrogens is 501 g/mol. The first kappa shape index (κ1) is 21.4. The summed E-state index contributed by atoms with van der Waals surface area (Å²) in [7, 11) is 0. The van der Waals surface area contributed by atoms with Gasteiger partial charge in [0.2, 0.25) is 0 Å². The molecule has 1 atom stereocenters. The molecule has 7 nitrogen and oxygen atoms in total. The molecule has 1 unspecified atom stereocenters. The van der Waals surface area contributed by atoms with E-state index in [0.29, 0.717) is 4.57 Å². The van der Waals surface area contributed by atoms with E-state index in [-0.39, 0.29) is 46.3 Å². The number of nitrogens with zero attached hydrogens (tertiary/aromatic N) is 3. The van der Waals surface area contributed by atoms with Crippen LogP contribution < -0.4 is 10.9 Å². The highest BCUT2D eigenvalue weighted by Crippen LogP contribution is 2.43. The Labute approximate surface area is 214 Å². The predicted molar refractivity (Wildman–Crippen MR) is 131 cm³/mol. The summed E-state index contributed by atoms with van der Waals surface area (Å²) in [4.78, 5) is 30.9. The molecule has 1 N–H and O–H groups in total. The van der Waals surface area contributed by atoms with Crippen LogP contribution in [0.1, 0.15) is 36.9 Å². The summed E-state index contributed by atoms with van der Waals surface area (Å²) in [6.07, 6.45) is 0.235. The number of nitrogens with one attached hydrogen (secondary N) is 1. The number of hydrogen-bond donors (Lipinski definition) is 1. The van der Waals surface area contributed by atoms with Crippen LogP contribution >= 0.6 is 23.2 Å². The number of fused-ring (bicyclic) bond motifs is 1. The van der Waals surface area contributed by atoms with Crippen LogP contribution in [-0.2, 0) is 17.3 Å². The van der Waals surface area contributed by atoms with Crippen LogP contribution in [0, 0.1) is 11.6 Å². The quantitative estimate of drug-likeness (QED) is 0.457. The van der Waals surface area contributed by atoms with Gasteiger partial charge in [0.05, 0.1) is 39.7 Å². The zero-order valence-corrected chi connectivity index (χ0v) is 20.6. The van der Waals surface area contributed by atoms with Crippen LogP contribution in [0.3, 0.4) is 0 Å². The molecule has 2 heterocycles. The maximum absolute atomic E-state index is 15.8. The zero-order valence-electron chi connectivity index (χ0n) is 22.1. The van der Waals surface area contributed by atoms with Crippen molar-refractivity contribution in [3.05, 3.63) is 68.2 Å². The molecule has 11 heteroatoms. The van der Waals surface area contributed by atoms with Crippen molar-refractivity contribution < 1.29 is 22.4 Å². The third-order valence-electron chi connectivity index (χ3n) is 5.68. The van der Waals surface area contributed by atoms with Gasteiger partial charge in [-0.25, -0.2) is 18.6 Å². The van der Waals surface area contributed by atoms with Crippen LogP contribution in [0.5, 0.6) is 0 Å². The lowest BCUT2D eigenvalue weighted by molar-refractivity contribution is 0.0286. The fraction of sp³-hybridized carbons (Fsp3) is 0.375. The molecule has 0 bridgehead atoms. The van der Waals surface area contributed by atoms with E-state index in [9.17, 15) is 9.59 Å². The summed E-state index contributed by atoms with van der Waals surface area (Å²) in [5.74, 6) is -1.84. The van der Waals surface area contributed by atoms with Crippen molar-refractivity contribution in [2.75, 3.05) is 18.4 Å². The second-order valence-corrected chi connectivity index (χ2v) is 10.1. The normalized spacial score (nSPS) is 19.9. The number of anilines is 1. The van der Waals surface area contributed by atoms with Crippen LogP contribution in [-0.4, -0.2) is 39.2 Å². The Balaban J connectivity index is 1.86. The molecule has 1 saturated heterocycles. The number of hydrogen-bond acceptors (Lipinski definition) is 5. The minimum atomic E-state index is -2.88. The second-order valence-electron chi connectivity index (χ2n) is 9.32. The zero-order chi connectivity index (χ0) is 28.2. The summed E-state index contributed by atoms with van der Waals surface area (Å²) < 4.78 is 59.5. The fourth-order valence-electron chi connectivity index (χ4n) is 4.15. The third-order valence-corrected chi connectivity index (χ3v) is 6.49. The summed E-state index contributed by atoms with van der Waals surface area (Å²) in [6.45, 7) is 2.14. The lowest BCUT2D eigenvalue weighted by atomic mass is 9.87. The molecule has 0 spiro atoms. The van der Waals surface area contributed by atoms with Gasteiger partial charge in [-0.2, -0.15) is 0 Å². The van der Waals surface area contributed by atoms with E-state index in [0.717, 1.165) is 12.4 Å². The van der Waals surface area contributed by atoms with E-state index in [1.165, 1.54) is 23.1 Å². The van der Waals surface area contributed by atoms with Crippen molar-refractivity contribution in [2.24, 2.45) is 6.98 Å². The average Bonchev–Trinajstić information content (AvgIpc) is 3.21. The molecule has 3 aromatic rings. The number of carbonyl (C=O) groups is 1. The highest BCUT2D eigenvalue weighted by atomic mass is 35.5. The van der Waals surface area contributed by atoms with Gasteiger partial charge >= 0.3 is 6.09 Å². The van der Waals surface area contributed by atoms with Crippen LogP contribution in [0.15, 0.2) is 35.4 Å². The maximum atomic E-state index is 15.8. The van der Waals surface area contributed by atoms with Gasteiger partial charge < -0.3 is 19.5 Å². The minimum Gasteiger partial charge on any atom is -0.444 e. The number of amides is 1. The molecule has 1 fully saturated rings. The maximum Gasteiger partial charge on any atom is 0.410 e. The van der Waals surface area contributed by atoms with Gasteiger partial charge in [-0.1, -0.05) is 23.2 Å². The minimum absolute atomic E-state index is 0.0451. The lowest BCUT2D eigenvalue weighted by Gasteiger charge is -2.34. The second kappa shape index (κ2) is 8.95. The van der Waals surface area contributed by atoms with Crippen LogP contribution in [0.2, 0.25) is 10.0 Å². The van der Waals surface area contributed by atoms with Gasteiger partial charge in [0, 0.05) is 23.2 Å². The molecule has 0 radical (unpaired) electrons. The van der Waals surface area contributed by atoms with Gasteiger partial charge in [0.1, 0.15) is 16.8 Å². The van der Waals surface area contributed by atoms with Crippen molar-refractivity contribution in [3.8, 4) is 0 Å². The monoisotopic (exact) mass is 527 g/mol. The van der Waals surface area contributed by atoms with Gasteiger partial charge in [-0.15, -0.1) is 0 Å². The van der Waals surface area contributed by atoms with Gasteiger partial charge in [-0.05, 0) is 51.5 Å². The first-order valence-corrected chi connectivity index (χ1v) is 11.4.